The van der Waals surface area contributed by atoms with Crippen molar-refractivity contribution in [2.45, 2.75) is 66.5 Å². The second kappa shape index (κ2) is 9.99. The smallest absolute Gasteiger partial charge is 0.328 e. The third-order valence-electron chi connectivity index (χ3n) is 5.09. The molecule has 0 aliphatic carbocycles. The normalized spacial score (nSPS) is 16.6. The molecule has 2 unspecified atom stereocenters. The number of ether oxygens (including phenoxy) is 2. The summed E-state index contributed by atoms with van der Waals surface area (Å²) in [7, 11) is 0. The van der Waals surface area contributed by atoms with Crippen molar-refractivity contribution in [3.63, 3.8) is 0 Å². The van der Waals surface area contributed by atoms with Crippen LogP contribution in [-0.4, -0.2) is 72.2 Å². The molecule has 0 aromatic carbocycles. The highest BCUT2D eigenvalue weighted by atomic mass is 16.5. The van der Waals surface area contributed by atoms with E-state index >= 15 is 0 Å². The summed E-state index contributed by atoms with van der Waals surface area (Å²) in [4.78, 5) is 30.0. The van der Waals surface area contributed by atoms with Crippen LogP contribution in [0, 0.1) is 0 Å². The molecule has 24 heavy (non-hydrogen) atoms. The Hall–Kier alpha value is -1.14. The van der Waals surface area contributed by atoms with Crippen molar-refractivity contribution in [2.75, 3.05) is 39.4 Å². The Morgan fingerprint density at radius 2 is 0.917 bits per heavy atom. The van der Waals surface area contributed by atoms with E-state index in [1.165, 1.54) is 0 Å². The molecule has 0 aromatic rings. The van der Waals surface area contributed by atoms with Crippen LogP contribution in [0.3, 0.4) is 0 Å². The number of nitrogens with zero attached hydrogens (tertiary/aromatic N) is 2. The minimum Gasteiger partial charge on any atom is -0.465 e. The number of hydrogen-bond acceptors (Lipinski definition) is 6. The Morgan fingerprint density at radius 1 is 0.667 bits per heavy atom. The van der Waals surface area contributed by atoms with Crippen LogP contribution in [0.25, 0.3) is 0 Å². The standard InChI is InChI=1S/C18H36N2O4/c1-9-19(10-2)17(7,15(21)23-13-5)18(8,16(22)24-14-6)20(11-3)12-4/h9-14H2,1-8H3. The maximum absolute atomic E-state index is 13.0. The summed E-state index contributed by atoms with van der Waals surface area (Å²) < 4.78 is 10.8. The highest BCUT2D eigenvalue weighted by Crippen LogP contribution is 2.36. The molecular formula is C18H36N2O4. The molecule has 0 spiro atoms. The molecule has 0 saturated carbocycles. The first-order valence-electron chi connectivity index (χ1n) is 9.10. The molecule has 6 heteroatoms. The third-order valence-corrected chi connectivity index (χ3v) is 5.09. The minimum atomic E-state index is -1.15. The van der Waals surface area contributed by atoms with Gasteiger partial charge in [0.25, 0.3) is 0 Å². The van der Waals surface area contributed by atoms with Gasteiger partial charge in [-0.1, -0.05) is 27.7 Å². The number of carbonyl (C=O) groups excluding carboxylic acids is 2. The quantitative estimate of drug-likeness (QED) is 0.536. The van der Waals surface area contributed by atoms with Crippen molar-refractivity contribution in [3.8, 4) is 0 Å². The van der Waals surface area contributed by atoms with Gasteiger partial charge in [0.2, 0.25) is 0 Å². The lowest BCUT2D eigenvalue weighted by atomic mass is 9.75. The van der Waals surface area contributed by atoms with Crippen LogP contribution >= 0.6 is 0 Å². The molecular weight excluding hydrogens is 308 g/mol. The zero-order valence-corrected chi connectivity index (χ0v) is 16.8. The molecule has 2 atom stereocenters. The van der Waals surface area contributed by atoms with Gasteiger partial charge >= 0.3 is 11.9 Å². The molecule has 0 fully saturated rings. The fourth-order valence-electron chi connectivity index (χ4n) is 3.53. The summed E-state index contributed by atoms with van der Waals surface area (Å²) in [5.74, 6) is -0.785. The van der Waals surface area contributed by atoms with Gasteiger partial charge < -0.3 is 9.47 Å². The van der Waals surface area contributed by atoms with Crippen LogP contribution in [0.5, 0.6) is 0 Å². The van der Waals surface area contributed by atoms with Crippen LogP contribution in [0.1, 0.15) is 55.4 Å². The monoisotopic (exact) mass is 344 g/mol. The Balaban J connectivity index is 6.45. The van der Waals surface area contributed by atoms with E-state index < -0.39 is 23.0 Å². The topological polar surface area (TPSA) is 59.1 Å². The molecule has 0 N–H and O–H groups in total. The lowest BCUT2D eigenvalue weighted by Gasteiger charge is -2.52. The van der Waals surface area contributed by atoms with Crippen molar-refractivity contribution in [1.82, 2.24) is 9.80 Å². The van der Waals surface area contributed by atoms with E-state index in [4.69, 9.17) is 9.47 Å². The van der Waals surface area contributed by atoms with Crippen molar-refractivity contribution in [1.29, 1.82) is 0 Å². The van der Waals surface area contributed by atoms with Gasteiger partial charge in [-0.05, 0) is 53.9 Å². The Bertz CT molecular complexity index is 370. The van der Waals surface area contributed by atoms with Gasteiger partial charge in [0.1, 0.15) is 11.1 Å². The zero-order valence-electron chi connectivity index (χ0n) is 16.8. The van der Waals surface area contributed by atoms with Gasteiger partial charge in [-0.3, -0.25) is 9.80 Å². The maximum atomic E-state index is 13.0. The van der Waals surface area contributed by atoms with E-state index in [9.17, 15) is 9.59 Å². The number of likely N-dealkylation sites (N-methyl/N-ethyl adjacent to an activating group) is 2. The molecule has 0 aliphatic heterocycles. The van der Waals surface area contributed by atoms with Crippen LogP contribution in [0.4, 0.5) is 0 Å². The van der Waals surface area contributed by atoms with E-state index in [0.29, 0.717) is 26.2 Å². The number of carbonyl (C=O) groups is 2. The van der Waals surface area contributed by atoms with Gasteiger partial charge in [0.15, 0.2) is 0 Å². The first-order valence-corrected chi connectivity index (χ1v) is 9.10. The lowest BCUT2D eigenvalue weighted by molar-refractivity contribution is -0.185. The van der Waals surface area contributed by atoms with Crippen molar-refractivity contribution < 1.29 is 19.1 Å². The van der Waals surface area contributed by atoms with Crippen LogP contribution < -0.4 is 0 Å². The van der Waals surface area contributed by atoms with E-state index in [1.807, 2.05) is 37.5 Å². The molecule has 6 nitrogen and oxygen atoms in total. The number of hydrogen-bond donors (Lipinski definition) is 0. The van der Waals surface area contributed by atoms with E-state index in [0.717, 1.165) is 0 Å². The first-order chi connectivity index (χ1) is 11.3. The highest BCUT2D eigenvalue weighted by Gasteiger charge is 2.62. The molecule has 0 heterocycles. The van der Waals surface area contributed by atoms with Crippen molar-refractivity contribution in [3.05, 3.63) is 0 Å². The molecule has 0 radical (unpaired) electrons. The maximum Gasteiger partial charge on any atom is 0.328 e. The summed E-state index contributed by atoms with van der Waals surface area (Å²) in [6, 6.07) is 0. The van der Waals surface area contributed by atoms with Crippen molar-refractivity contribution >= 4 is 11.9 Å². The van der Waals surface area contributed by atoms with E-state index in [2.05, 4.69) is 0 Å². The fourth-order valence-corrected chi connectivity index (χ4v) is 3.53. The summed E-state index contributed by atoms with van der Waals surface area (Å²) in [5, 5.41) is 0. The molecule has 0 rings (SSSR count). The molecule has 0 aliphatic rings. The average molecular weight is 344 g/mol. The van der Waals surface area contributed by atoms with E-state index in [-0.39, 0.29) is 13.2 Å². The number of rotatable bonds is 11. The largest absolute Gasteiger partial charge is 0.465 e. The Kier molecular flexibility index (Phi) is 9.51. The van der Waals surface area contributed by atoms with E-state index in [1.54, 1.807) is 27.7 Å². The van der Waals surface area contributed by atoms with Crippen LogP contribution in [0.15, 0.2) is 0 Å². The molecule has 0 saturated heterocycles. The third kappa shape index (κ3) is 3.91. The molecule has 142 valence electrons. The average Bonchev–Trinajstić information content (AvgIpc) is 2.56. The Morgan fingerprint density at radius 3 is 1.08 bits per heavy atom. The van der Waals surface area contributed by atoms with Gasteiger partial charge in [0.05, 0.1) is 13.2 Å². The van der Waals surface area contributed by atoms with Gasteiger partial charge in [-0.15, -0.1) is 0 Å². The molecule has 0 amide bonds. The summed E-state index contributed by atoms with van der Waals surface area (Å²) in [5.41, 5.74) is -2.30. The van der Waals surface area contributed by atoms with Crippen molar-refractivity contribution in [2.24, 2.45) is 0 Å². The summed E-state index contributed by atoms with van der Waals surface area (Å²) in [6.07, 6.45) is 0. The first kappa shape index (κ1) is 22.9. The predicted molar refractivity (Wildman–Crippen MR) is 95.9 cm³/mol. The lowest BCUT2D eigenvalue weighted by Crippen LogP contribution is -2.75. The minimum absolute atomic E-state index is 0.271. The summed E-state index contributed by atoms with van der Waals surface area (Å²) in [6.45, 7) is 18.1. The summed E-state index contributed by atoms with van der Waals surface area (Å²) >= 11 is 0. The molecule has 0 aromatic heterocycles. The SMILES string of the molecule is CCOC(=O)C(C)(N(CC)CC)C(C)(C(=O)OCC)N(CC)CC. The second-order valence-electron chi connectivity index (χ2n) is 5.93. The van der Waals surface area contributed by atoms with Gasteiger partial charge in [0, 0.05) is 0 Å². The molecule has 0 bridgehead atoms. The number of esters is 2. The Labute approximate surface area is 147 Å². The highest BCUT2D eigenvalue weighted by molar-refractivity contribution is 5.94. The fraction of sp³-hybridized carbons (Fsp3) is 0.889. The van der Waals surface area contributed by atoms with Gasteiger partial charge in [-0.2, -0.15) is 0 Å². The van der Waals surface area contributed by atoms with Gasteiger partial charge in [-0.25, -0.2) is 9.59 Å². The van der Waals surface area contributed by atoms with Crippen LogP contribution in [-0.2, 0) is 19.1 Å². The zero-order chi connectivity index (χ0) is 19.0. The predicted octanol–water partition coefficient (Wildman–Crippen LogP) is 2.31. The second-order valence-corrected chi connectivity index (χ2v) is 5.93. The van der Waals surface area contributed by atoms with Crippen LogP contribution in [0.2, 0.25) is 0 Å².